The molecule has 1 aliphatic rings. The van der Waals surface area contributed by atoms with E-state index in [4.69, 9.17) is 11.6 Å². The summed E-state index contributed by atoms with van der Waals surface area (Å²) in [6, 6.07) is 3.77. The number of carbonyl (C=O) groups excluding carboxylic acids is 1. The van der Waals surface area contributed by atoms with E-state index >= 15 is 0 Å². The lowest BCUT2D eigenvalue weighted by molar-refractivity contribution is 0.102. The number of nitrogens with zero attached hydrogens (tertiary/aromatic N) is 1. The van der Waals surface area contributed by atoms with Gasteiger partial charge < -0.3 is 0 Å². The molecule has 2 aromatic rings. The lowest BCUT2D eigenvalue weighted by atomic mass is 10.2. The van der Waals surface area contributed by atoms with Gasteiger partial charge in [-0.15, -0.1) is 11.3 Å². The van der Waals surface area contributed by atoms with Crippen LogP contribution in [-0.2, 0) is 19.7 Å². The second-order valence-electron chi connectivity index (χ2n) is 5.50. The third-order valence-corrected chi connectivity index (χ3v) is 8.98. The van der Waals surface area contributed by atoms with Crippen molar-refractivity contribution in [1.29, 1.82) is 0 Å². The van der Waals surface area contributed by atoms with Gasteiger partial charge in [0.05, 0.1) is 32.2 Å². The number of halogens is 1. The topological polar surface area (TPSA) is 110 Å². The van der Waals surface area contributed by atoms with Gasteiger partial charge in [0.25, 0.3) is 5.91 Å². The van der Waals surface area contributed by atoms with E-state index in [0.29, 0.717) is 5.13 Å². The summed E-state index contributed by atoms with van der Waals surface area (Å²) in [5.74, 6) is -1.14. The summed E-state index contributed by atoms with van der Waals surface area (Å²) in [4.78, 5) is 16.1. The van der Waals surface area contributed by atoms with E-state index in [2.05, 4.69) is 10.3 Å². The second kappa shape index (κ2) is 6.67. The van der Waals surface area contributed by atoms with Crippen LogP contribution in [0.1, 0.15) is 16.8 Å². The molecule has 7 nitrogen and oxygen atoms in total. The van der Waals surface area contributed by atoms with E-state index in [1.807, 2.05) is 0 Å². The molecule has 1 N–H and O–H groups in total. The van der Waals surface area contributed by atoms with E-state index in [1.54, 1.807) is 5.38 Å². The minimum absolute atomic E-state index is 0.0150. The maximum absolute atomic E-state index is 12.7. The Labute approximate surface area is 153 Å². The van der Waals surface area contributed by atoms with Crippen LogP contribution in [0.5, 0.6) is 0 Å². The Kier molecular flexibility index (Phi) is 4.89. The highest BCUT2D eigenvalue weighted by molar-refractivity contribution is 7.96. The minimum atomic E-state index is -3.88. The van der Waals surface area contributed by atoms with Crippen molar-refractivity contribution in [1.82, 2.24) is 4.98 Å². The van der Waals surface area contributed by atoms with Crippen LogP contribution < -0.4 is 5.32 Å². The molecular formula is C14H13ClN2O5S3. The van der Waals surface area contributed by atoms with Crippen LogP contribution in [-0.4, -0.2) is 44.5 Å². The van der Waals surface area contributed by atoms with Gasteiger partial charge in [-0.25, -0.2) is 21.8 Å². The van der Waals surface area contributed by atoms with Crippen molar-refractivity contribution in [3.05, 3.63) is 40.4 Å². The fraction of sp³-hybridized carbons (Fsp3) is 0.286. The average molecular weight is 421 g/mol. The highest BCUT2D eigenvalue weighted by Gasteiger charge is 2.38. The predicted molar refractivity (Wildman–Crippen MR) is 95.8 cm³/mol. The molecule has 1 saturated heterocycles. The number of carbonyl (C=O) groups is 1. The van der Waals surface area contributed by atoms with E-state index < -0.39 is 36.6 Å². The second-order valence-corrected chi connectivity index (χ2v) is 11.3. The first-order valence-corrected chi connectivity index (χ1v) is 11.8. The number of hydrogen-bond donors (Lipinski definition) is 1. The zero-order chi connectivity index (χ0) is 18.2. The van der Waals surface area contributed by atoms with Crippen molar-refractivity contribution < 1.29 is 21.6 Å². The Bertz CT molecular complexity index is 1020. The maximum Gasteiger partial charge on any atom is 0.259 e. The van der Waals surface area contributed by atoms with Gasteiger partial charge in [0.2, 0.25) is 0 Å². The van der Waals surface area contributed by atoms with Crippen LogP contribution in [0.3, 0.4) is 0 Å². The lowest BCUT2D eigenvalue weighted by Gasteiger charge is -2.12. The first-order chi connectivity index (χ1) is 11.7. The molecule has 1 aliphatic heterocycles. The third-order valence-electron chi connectivity index (χ3n) is 3.79. The van der Waals surface area contributed by atoms with Gasteiger partial charge in [-0.05, 0) is 24.6 Å². The largest absolute Gasteiger partial charge is 0.298 e. The fourth-order valence-electron chi connectivity index (χ4n) is 2.50. The number of aromatic nitrogens is 1. The SMILES string of the molecule is O=C(Nc1nccs1)c1cc(S(=O)(=O)C2CCS(=O)(=O)C2)ccc1Cl. The standard InChI is InChI=1S/C14H13ClN2O5S3/c15-12-2-1-9(25(21,22)10-3-6-24(19,20)8-10)7-11(12)13(18)17-14-16-4-5-23-14/h1-2,4-5,7,10H,3,6,8H2,(H,16,17,18). The van der Waals surface area contributed by atoms with Crippen LogP contribution in [0, 0.1) is 0 Å². The van der Waals surface area contributed by atoms with Gasteiger partial charge in [-0.1, -0.05) is 11.6 Å². The van der Waals surface area contributed by atoms with Gasteiger partial charge in [0, 0.05) is 11.6 Å². The molecule has 0 aliphatic carbocycles. The number of anilines is 1. The summed E-state index contributed by atoms with van der Waals surface area (Å²) in [6.45, 7) is 0. The van der Waals surface area contributed by atoms with E-state index in [1.165, 1.54) is 35.7 Å². The summed E-state index contributed by atoms with van der Waals surface area (Å²) >= 11 is 7.23. The van der Waals surface area contributed by atoms with Crippen LogP contribution in [0.15, 0.2) is 34.7 Å². The first-order valence-electron chi connectivity index (χ1n) is 7.14. The molecule has 11 heteroatoms. The van der Waals surface area contributed by atoms with Crippen molar-refractivity contribution in [2.24, 2.45) is 0 Å². The number of rotatable bonds is 4. The molecule has 1 amide bonds. The Morgan fingerprint density at radius 3 is 2.72 bits per heavy atom. The van der Waals surface area contributed by atoms with Crippen LogP contribution >= 0.6 is 22.9 Å². The average Bonchev–Trinajstić information content (AvgIpc) is 3.16. The Balaban J connectivity index is 1.92. The Hall–Kier alpha value is -1.49. The number of hydrogen-bond acceptors (Lipinski definition) is 7. The Morgan fingerprint density at radius 1 is 1.36 bits per heavy atom. The molecule has 0 bridgehead atoms. The molecule has 134 valence electrons. The quantitative estimate of drug-likeness (QED) is 0.809. The van der Waals surface area contributed by atoms with Gasteiger partial charge in [-0.3, -0.25) is 10.1 Å². The van der Waals surface area contributed by atoms with Crippen LogP contribution in [0.25, 0.3) is 0 Å². The molecule has 25 heavy (non-hydrogen) atoms. The molecule has 1 unspecified atom stereocenters. The predicted octanol–water partition coefficient (Wildman–Crippen LogP) is 2.01. The molecule has 2 heterocycles. The number of nitrogens with one attached hydrogen (secondary N) is 1. The lowest BCUT2D eigenvalue weighted by Crippen LogP contribution is -2.23. The molecule has 1 fully saturated rings. The van der Waals surface area contributed by atoms with Gasteiger partial charge in [-0.2, -0.15) is 0 Å². The van der Waals surface area contributed by atoms with Gasteiger partial charge in [0.15, 0.2) is 24.8 Å². The van der Waals surface area contributed by atoms with Crippen LogP contribution in [0.4, 0.5) is 5.13 Å². The summed E-state index contributed by atoms with van der Waals surface area (Å²) < 4.78 is 48.5. The first kappa shape index (κ1) is 18.3. The maximum atomic E-state index is 12.7. The monoisotopic (exact) mass is 420 g/mol. The summed E-state index contributed by atoms with van der Waals surface area (Å²) in [5, 5.41) is 3.65. The van der Waals surface area contributed by atoms with Crippen LogP contribution in [0.2, 0.25) is 5.02 Å². The number of amides is 1. The fourth-order valence-corrected chi connectivity index (χ4v) is 7.61. The number of benzene rings is 1. The number of sulfone groups is 2. The molecule has 0 saturated carbocycles. The van der Waals surface area contributed by atoms with E-state index in [0.717, 1.165) is 0 Å². The molecule has 0 radical (unpaired) electrons. The third kappa shape index (κ3) is 3.86. The molecule has 1 aromatic heterocycles. The zero-order valence-corrected chi connectivity index (χ0v) is 15.9. The van der Waals surface area contributed by atoms with Crippen molar-refractivity contribution >= 4 is 53.7 Å². The zero-order valence-electron chi connectivity index (χ0n) is 12.7. The van der Waals surface area contributed by atoms with Crippen molar-refractivity contribution in [2.45, 2.75) is 16.6 Å². The van der Waals surface area contributed by atoms with Crippen molar-refractivity contribution in [2.75, 3.05) is 16.8 Å². The van der Waals surface area contributed by atoms with Gasteiger partial charge in [0.1, 0.15) is 0 Å². The molecule has 1 aromatic carbocycles. The molecule has 3 rings (SSSR count). The highest BCUT2D eigenvalue weighted by atomic mass is 35.5. The van der Waals surface area contributed by atoms with Gasteiger partial charge >= 0.3 is 0 Å². The summed E-state index contributed by atoms with van der Waals surface area (Å²) in [6.07, 6.45) is 1.57. The van der Waals surface area contributed by atoms with Crippen molar-refractivity contribution in [3.63, 3.8) is 0 Å². The van der Waals surface area contributed by atoms with E-state index in [-0.39, 0.29) is 27.7 Å². The molecule has 1 atom stereocenters. The normalized spacial score (nSPS) is 19.6. The molecule has 0 spiro atoms. The molecular weight excluding hydrogens is 408 g/mol. The smallest absolute Gasteiger partial charge is 0.259 e. The number of thiazole rings is 1. The highest BCUT2D eigenvalue weighted by Crippen LogP contribution is 2.28. The summed E-state index contributed by atoms with van der Waals surface area (Å²) in [7, 11) is -7.22. The Morgan fingerprint density at radius 2 is 2.12 bits per heavy atom. The summed E-state index contributed by atoms with van der Waals surface area (Å²) in [5.41, 5.74) is -0.0150. The van der Waals surface area contributed by atoms with E-state index in [9.17, 15) is 21.6 Å². The minimum Gasteiger partial charge on any atom is -0.298 e. The van der Waals surface area contributed by atoms with Crippen molar-refractivity contribution in [3.8, 4) is 0 Å².